The Kier molecular flexibility index (Phi) is 2.36. The topological polar surface area (TPSA) is 33.0 Å². The van der Waals surface area contributed by atoms with Gasteiger partial charge in [0.05, 0.1) is 11.8 Å². The molecule has 2 nitrogen and oxygen atoms in total. The molecule has 14 heavy (non-hydrogen) atoms. The molecule has 0 unspecified atom stereocenters. The lowest BCUT2D eigenvalue weighted by Gasteiger charge is -1.97. The molecule has 4 heteroatoms. The average Bonchev–Trinajstić information content (AvgIpc) is 2.57. The second kappa shape index (κ2) is 3.52. The Balaban J connectivity index is 2.88. The largest absolute Gasteiger partial charge is 0.494 e. The van der Waals surface area contributed by atoms with E-state index in [1.807, 2.05) is 18.2 Å². The predicted octanol–water partition coefficient (Wildman–Crippen LogP) is 3.07. The summed E-state index contributed by atoms with van der Waals surface area (Å²) in [5, 5.41) is 9.86. The van der Waals surface area contributed by atoms with Gasteiger partial charge in [-0.1, -0.05) is 6.07 Å². The van der Waals surface area contributed by atoms with Gasteiger partial charge in [0.15, 0.2) is 5.75 Å². The maximum absolute atomic E-state index is 8.90. The normalized spacial score (nSPS) is 10.1. The average molecular weight is 221 g/mol. The molecule has 0 aliphatic rings. The molecule has 0 aliphatic carbocycles. The SMILES string of the molecule is COc1c(C#N)sc2c(S)cccc12. The summed E-state index contributed by atoms with van der Waals surface area (Å²) < 4.78 is 6.20. The van der Waals surface area contributed by atoms with Crippen molar-refractivity contribution in [1.29, 1.82) is 5.26 Å². The smallest absolute Gasteiger partial charge is 0.155 e. The van der Waals surface area contributed by atoms with Crippen molar-refractivity contribution >= 4 is 34.1 Å². The van der Waals surface area contributed by atoms with E-state index >= 15 is 0 Å². The van der Waals surface area contributed by atoms with E-state index < -0.39 is 0 Å². The van der Waals surface area contributed by atoms with Gasteiger partial charge in [0.25, 0.3) is 0 Å². The van der Waals surface area contributed by atoms with E-state index in [2.05, 4.69) is 18.7 Å². The van der Waals surface area contributed by atoms with Gasteiger partial charge in [-0.3, -0.25) is 0 Å². The lowest BCUT2D eigenvalue weighted by molar-refractivity contribution is 0.420. The molecule has 70 valence electrons. The van der Waals surface area contributed by atoms with Gasteiger partial charge in [0.1, 0.15) is 10.9 Å². The highest BCUT2D eigenvalue weighted by Gasteiger charge is 2.13. The van der Waals surface area contributed by atoms with Crippen LogP contribution in [0.3, 0.4) is 0 Å². The summed E-state index contributed by atoms with van der Waals surface area (Å²) >= 11 is 5.75. The van der Waals surface area contributed by atoms with Crippen molar-refractivity contribution in [3.63, 3.8) is 0 Å². The van der Waals surface area contributed by atoms with Crippen molar-refractivity contribution in [1.82, 2.24) is 0 Å². The molecule has 1 aromatic heterocycles. The molecule has 0 radical (unpaired) electrons. The van der Waals surface area contributed by atoms with E-state index in [4.69, 9.17) is 10.00 Å². The van der Waals surface area contributed by atoms with Crippen molar-refractivity contribution in [2.45, 2.75) is 4.90 Å². The number of rotatable bonds is 1. The fraction of sp³-hybridized carbons (Fsp3) is 0.100. The summed E-state index contributed by atoms with van der Waals surface area (Å²) in [6, 6.07) is 7.87. The first-order valence-electron chi connectivity index (χ1n) is 3.96. The molecule has 1 aromatic carbocycles. The zero-order valence-electron chi connectivity index (χ0n) is 7.44. The summed E-state index contributed by atoms with van der Waals surface area (Å²) in [6.45, 7) is 0. The molecular formula is C10H7NOS2. The maximum atomic E-state index is 8.90. The number of ether oxygens (including phenoxy) is 1. The molecule has 2 aromatic rings. The van der Waals surface area contributed by atoms with E-state index in [0.29, 0.717) is 10.6 Å². The molecule has 0 saturated carbocycles. The predicted molar refractivity (Wildman–Crippen MR) is 60.3 cm³/mol. The number of hydrogen-bond acceptors (Lipinski definition) is 4. The highest BCUT2D eigenvalue weighted by Crippen LogP contribution is 2.39. The molecule has 0 atom stereocenters. The third-order valence-electron chi connectivity index (χ3n) is 1.95. The van der Waals surface area contributed by atoms with Gasteiger partial charge in [-0.25, -0.2) is 0 Å². The fourth-order valence-electron chi connectivity index (χ4n) is 1.36. The van der Waals surface area contributed by atoms with Crippen LogP contribution in [-0.4, -0.2) is 7.11 Å². The highest BCUT2D eigenvalue weighted by atomic mass is 32.1. The van der Waals surface area contributed by atoms with Crippen LogP contribution in [0.2, 0.25) is 0 Å². The number of methoxy groups -OCH3 is 1. The molecule has 0 fully saturated rings. The molecule has 0 N–H and O–H groups in total. The summed E-state index contributed by atoms with van der Waals surface area (Å²) in [4.78, 5) is 1.48. The quantitative estimate of drug-likeness (QED) is 0.751. The van der Waals surface area contributed by atoms with Gasteiger partial charge in [0, 0.05) is 10.3 Å². The van der Waals surface area contributed by atoms with Gasteiger partial charge in [-0.2, -0.15) is 5.26 Å². The molecule has 0 spiro atoms. The van der Waals surface area contributed by atoms with Crippen molar-refractivity contribution in [3.05, 3.63) is 23.1 Å². The number of nitrogens with zero attached hydrogens (tertiary/aromatic N) is 1. The van der Waals surface area contributed by atoms with Crippen LogP contribution in [0.1, 0.15) is 4.88 Å². The summed E-state index contributed by atoms with van der Waals surface area (Å²) in [5.74, 6) is 0.656. The van der Waals surface area contributed by atoms with Crippen molar-refractivity contribution < 1.29 is 4.74 Å². The van der Waals surface area contributed by atoms with E-state index in [0.717, 1.165) is 15.0 Å². The lowest BCUT2D eigenvalue weighted by atomic mass is 10.2. The first-order chi connectivity index (χ1) is 6.77. The molecule has 0 bridgehead atoms. The summed E-state index contributed by atoms with van der Waals surface area (Å²) in [7, 11) is 1.58. The molecule has 0 amide bonds. The van der Waals surface area contributed by atoms with E-state index in [-0.39, 0.29) is 0 Å². The Morgan fingerprint density at radius 1 is 1.50 bits per heavy atom. The lowest BCUT2D eigenvalue weighted by Crippen LogP contribution is -1.82. The van der Waals surface area contributed by atoms with Crippen molar-refractivity contribution in [3.8, 4) is 11.8 Å². The number of thiol groups is 1. The minimum atomic E-state index is 0.601. The number of fused-ring (bicyclic) bond motifs is 1. The molecule has 1 heterocycles. The second-order valence-corrected chi connectivity index (χ2v) is 4.23. The fourth-order valence-corrected chi connectivity index (χ4v) is 2.68. The minimum absolute atomic E-state index is 0.601. The Bertz CT molecular complexity index is 525. The highest BCUT2D eigenvalue weighted by molar-refractivity contribution is 7.80. The minimum Gasteiger partial charge on any atom is -0.494 e. The maximum Gasteiger partial charge on any atom is 0.155 e. The number of thiophene rings is 1. The summed E-state index contributed by atoms with van der Waals surface area (Å²) in [5.41, 5.74) is 0. The van der Waals surface area contributed by atoms with E-state index in [1.165, 1.54) is 11.3 Å². The Labute approximate surface area is 91.1 Å². The van der Waals surface area contributed by atoms with Crippen LogP contribution in [0.5, 0.6) is 5.75 Å². The van der Waals surface area contributed by atoms with Crippen molar-refractivity contribution in [2.24, 2.45) is 0 Å². The zero-order chi connectivity index (χ0) is 10.1. The first-order valence-corrected chi connectivity index (χ1v) is 5.23. The van der Waals surface area contributed by atoms with Crippen molar-refractivity contribution in [2.75, 3.05) is 7.11 Å². The van der Waals surface area contributed by atoms with Crippen LogP contribution in [-0.2, 0) is 0 Å². The third kappa shape index (κ3) is 1.26. The van der Waals surface area contributed by atoms with Crippen LogP contribution >= 0.6 is 24.0 Å². The van der Waals surface area contributed by atoms with Crippen LogP contribution in [0.25, 0.3) is 10.1 Å². The molecule has 2 rings (SSSR count). The van der Waals surface area contributed by atoms with Crippen LogP contribution in [0.15, 0.2) is 23.1 Å². The molecule has 0 aliphatic heterocycles. The number of hydrogen-bond donors (Lipinski definition) is 1. The third-order valence-corrected chi connectivity index (χ3v) is 3.60. The Morgan fingerprint density at radius 2 is 2.29 bits per heavy atom. The van der Waals surface area contributed by atoms with Crippen LogP contribution in [0, 0.1) is 11.3 Å². The second-order valence-electron chi connectivity index (χ2n) is 2.73. The van der Waals surface area contributed by atoms with Gasteiger partial charge in [0.2, 0.25) is 0 Å². The Hall–Kier alpha value is -1.18. The first kappa shape index (κ1) is 9.38. The standard InChI is InChI=1S/C10H7NOS2/c1-12-9-6-3-2-4-7(13)10(6)14-8(9)5-11/h2-4,13H,1H3. The number of nitriles is 1. The molecular weight excluding hydrogens is 214 g/mol. The van der Waals surface area contributed by atoms with E-state index in [9.17, 15) is 0 Å². The zero-order valence-corrected chi connectivity index (χ0v) is 9.15. The van der Waals surface area contributed by atoms with Gasteiger partial charge in [-0.15, -0.1) is 24.0 Å². The van der Waals surface area contributed by atoms with Gasteiger partial charge in [-0.05, 0) is 12.1 Å². The Morgan fingerprint density at radius 3 is 2.93 bits per heavy atom. The van der Waals surface area contributed by atoms with Crippen LogP contribution < -0.4 is 4.74 Å². The van der Waals surface area contributed by atoms with Gasteiger partial charge >= 0.3 is 0 Å². The van der Waals surface area contributed by atoms with Crippen LogP contribution in [0.4, 0.5) is 0 Å². The summed E-state index contributed by atoms with van der Waals surface area (Å²) in [6.07, 6.45) is 0. The monoisotopic (exact) mass is 221 g/mol. The van der Waals surface area contributed by atoms with Gasteiger partial charge < -0.3 is 4.74 Å². The molecule has 0 saturated heterocycles. The number of benzene rings is 1. The van der Waals surface area contributed by atoms with E-state index in [1.54, 1.807) is 7.11 Å².